The van der Waals surface area contributed by atoms with Gasteiger partial charge in [-0.3, -0.25) is 9.59 Å². The van der Waals surface area contributed by atoms with Gasteiger partial charge in [-0.05, 0) is 36.8 Å². The molecule has 1 aliphatic rings. The lowest BCUT2D eigenvalue weighted by atomic mass is 9.74. The van der Waals surface area contributed by atoms with Crippen LogP contribution >= 0.6 is 0 Å². The van der Waals surface area contributed by atoms with Crippen molar-refractivity contribution in [1.29, 1.82) is 0 Å². The zero-order valence-corrected chi connectivity index (χ0v) is 15.1. The van der Waals surface area contributed by atoms with Crippen molar-refractivity contribution in [2.45, 2.75) is 53.6 Å². The van der Waals surface area contributed by atoms with Crippen molar-refractivity contribution in [3.8, 4) is 0 Å². The fraction of sp³-hybridized carbons (Fsp3) is 0.600. The van der Waals surface area contributed by atoms with Gasteiger partial charge in [-0.25, -0.2) is 0 Å². The van der Waals surface area contributed by atoms with Crippen LogP contribution in [0.2, 0.25) is 0 Å². The maximum Gasteiger partial charge on any atom is 0.160 e. The monoisotopic (exact) mass is 316 g/mol. The molecule has 0 aliphatic carbocycles. The van der Waals surface area contributed by atoms with Gasteiger partial charge in [-0.2, -0.15) is 0 Å². The quantitative estimate of drug-likeness (QED) is 0.783. The highest BCUT2D eigenvalue weighted by Gasteiger charge is 2.42. The van der Waals surface area contributed by atoms with Crippen molar-refractivity contribution < 1.29 is 14.3 Å². The summed E-state index contributed by atoms with van der Waals surface area (Å²) in [5.74, 6) is 0.628. The molecule has 0 bridgehead atoms. The number of hydrogen-bond acceptors (Lipinski definition) is 3. The number of hydrogen-bond donors (Lipinski definition) is 0. The minimum atomic E-state index is -0.225. The van der Waals surface area contributed by atoms with Gasteiger partial charge in [0.2, 0.25) is 0 Å². The predicted molar refractivity (Wildman–Crippen MR) is 91.8 cm³/mol. The van der Waals surface area contributed by atoms with E-state index in [0.29, 0.717) is 12.5 Å². The molecule has 23 heavy (non-hydrogen) atoms. The van der Waals surface area contributed by atoms with Crippen LogP contribution in [-0.4, -0.2) is 24.3 Å². The summed E-state index contributed by atoms with van der Waals surface area (Å²) in [7, 11) is 0. The van der Waals surface area contributed by atoms with Crippen LogP contribution in [0.5, 0.6) is 0 Å². The van der Waals surface area contributed by atoms with Crippen LogP contribution in [0.4, 0.5) is 0 Å². The second-order valence-corrected chi connectivity index (χ2v) is 7.40. The van der Waals surface area contributed by atoms with Crippen molar-refractivity contribution in [1.82, 2.24) is 0 Å². The Morgan fingerprint density at radius 1 is 1.17 bits per heavy atom. The van der Waals surface area contributed by atoms with E-state index in [1.807, 2.05) is 25.1 Å². The maximum absolute atomic E-state index is 13.1. The molecule has 0 spiro atoms. The summed E-state index contributed by atoms with van der Waals surface area (Å²) in [5.41, 5.74) is 2.61. The molecule has 1 fully saturated rings. The molecule has 2 unspecified atom stereocenters. The third kappa shape index (κ3) is 3.55. The van der Waals surface area contributed by atoms with Crippen molar-refractivity contribution in [2.75, 3.05) is 6.61 Å². The number of ether oxygens (including phenoxy) is 1. The lowest BCUT2D eigenvalue weighted by molar-refractivity contribution is -0.147. The van der Waals surface area contributed by atoms with E-state index in [2.05, 4.69) is 27.7 Å². The molecular weight excluding hydrogens is 288 g/mol. The van der Waals surface area contributed by atoms with Gasteiger partial charge in [0, 0.05) is 11.5 Å². The highest BCUT2D eigenvalue weighted by atomic mass is 16.5. The maximum atomic E-state index is 13.1. The number of carbonyl (C=O) groups excluding carboxylic acids is 2. The van der Waals surface area contributed by atoms with Gasteiger partial charge in [0.25, 0.3) is 0 Å². The molecule has 3 heteroatoms. The molecule has 1 aromatic carbocycles. The molecule has 0 aromatic heterocycles. The van der Waals surface area contributed by atoms with E-state index < -0.39 is 0 Å². The van der Waals surface area contributed by atoms with Gasteiger partial charge in [0.05, 0.1) is 18.6 Å². The second-order valence-electron chi connectivity index (χ2n) is 7.40. The second kappa shape index (κ2) is 6.96. The molecule has 0 radical (unpaired) electrons. The zero-order valence-electron chi connectivity index (χ0n) is 15.1. The van der Waals surface area contributed by atoms with Gasteiger partial charge in [-0.1, -0.05) is 45.9 Å². The van der Waals surface area contributed by atoms with Crippen LogP contribution in [-0.2, 0) is 9.53 Å². The van der Waals surface area contributed by atoms with E-state index in [9.17, 15) is 9.59 Å². The Bertz CT molecular complexity index is 601. The Balaban J connectivity index is 2.32. The minimum absolute atomic E-state index is 0.00339. The first-order chi connectivity index (χ1) is 10.7. The predicted octanol–water partition coefficient (Wildman–Crippen LogP) is 4.18. The Labute approximate surface area is 139 Å². The van der Waals surface area contributed by atoms with E-state index in [0.717, 1.165) is 16.7 Å². The van der Waals surface area contributed by atoms with Crippen molar-refractivity contribution in [2.24, 2.45) is 17.8 Å². The van der Waals surface area contributed by atoms with Crippen LogP contribution in [0.3, 0.4) is 0 Å². The largest absolute Gasteiger partial charge is 0.376 e. The summed E-state index contributed by atoms with van der Waals surface area (Å²) in [6.45, 7) is 12.3. The highest BCUT2D eigenvalue weighted by Crippen LogP contribution is 2.36. The Kier molecular flexibility index (Phi) is 5.41. The average Bonchev–Trinajstić information content (AvgIpc) is 2.45. The fourth-order valence-electron chi connectivity index (χ4n) is 3.66. The van der Waals surface area contributed by atoms with Crippen LogP contribution in [0.25, 0.3) is 0 Å². The third-order valence-corrected chi connectivity index (χ3v) is 4.89. The van der Waals surface area contributed by atoms with Gasteiger partial charge in [-0.15, -0.1) is 0 Å². The molecule has 0 saturated carbocycles. The topological polar surface area (TPSA) is 43.4 Å². The lowest BCUT2D eigenvalue weighted by Crippen LogP contribution is -2.46. The van der Waals surface area contributed by atoms with Crippen LogP contribution in [0, 0.1) is 24.7 Å². The first-order valence-electron chi connectivity index (χ1n) is 8.50. The molecule has 1 heterocycles. The van der Waals surface area contributed by atoms with Crippen molar-refractivity contribution in [3.05, 3.63) is 34.9 Å². The fourth-order valence-corrected chi connectivity index (χ4v) is 3.66. The minimum Gasteiger partial charge on any atom is -0.376 e. The lowest BCUT2D eigenvalue weighted by Gasteiger charge is -2.39. The number of benzene rings is 1. The molecule has 0 amide bonds. The van der Waals surface area contributed by atoms with E-state index in [1.54, 1.807) is 6.92 Å². The van der Waals surface area contributed by atoms with Gasteiger partial charge in [0.15, 0.2) is 5.78 Å². The van der Waals surface area contributed by atoms with Crippen molar-refractivity contribution >= 4 is 11.6 Å². The Morgan fingerprint density at radius 2 is 1.83 bits per heavy atom. The van der Waals surface area contributed by atoms with Crippen LogP contribution in [0.1, 0.15) is 62.0 Å². The van der Waals surface area contributed by atoms with E-state index in [4.69, 9.17) is 4.74 Å². The third-order valence-electron chi connectivity index (χ3n) is 4.89. The average molecular weight is 316 g/mol. The standard InChI is InChI=1S/C20H28O3/c1-11(2)18-19(22)17(10-23-20(18)12(3)4)15-7-8-16(14(6)21)13(5)9-15/h7-9,11-12,17-18,20H,10H2,1-6H3/t17-,18?,20?/m1/s1. The first kappa shape index (κ1) is 17.9. The Hall–Kier alpha value is -1.48. The number of ketones is 2. The summed E-state index contributed by atoms with van der Waals surface area (Å²) >= 11 is 0. The van der Waals surface area contributed by atoms with E-state index in [1.165, 1.54) is 0 Å². The number of aryl methyl sites for hydroxylation is 1. The highest BCUT2D eigenvalue weighted by molar-refractivity contribution is 5.96. The summed E-state index contributed by atoms with van der Waals surface area (Å²) in [5, 5.41) is 0. The summed E-state index contributed by atoms with van der Waals surface area (Å²) < 4.78 is 6.08. The van der Waals surface area contributed by atoms with Crippen molar-refractivity contribution in [3.63, 3.8) is 0 Å². The van der Waals surface area contributed by atoms with Crippen LogP contribution < -0.4 is 0 Å². The van der Waals surface area contributed by atoms with Gasteiger partial charge < -0.3 is 4.74 Å². The number of Topliss-reactive ketones (excluding diaryl/α,β-unsaturated/α-hetero) is 2. The Morgan fingerprint density at radius 3 is 2.30 bits per heavy atom. The van der Waals surface area contributed by atoms with Gasteiger partial charge >= 0.3 is 0 Å². The van der Waals surface area contributed by atoms with E-state index >= 15 is 0 Å². The molecule has 0 N–H and O–H groups in total. The summed E-state index contributed by atoms with van der Waals surface area (Å²) in [6.07, 6.45) is -0.00339. The number of rotatable bonds is 4. The number of carbonyl (C=O) groups is 2. The van der Waals surface area contributed by atoms with Crippen LogP contribution in [0.15, 0.2) is 18.2 Å². The smallest absolute Gasteiger partial charge is 0.160 e. The molecule has 126 valence electrons. The first-order valence-corrected chi connectivity index (χ1v) is 8.50. The summed E-state index contributed by atoms with van der Waals surface area (Å²) in [6, 6.07) is 5.71. The van der Waals surface area contributed by atoms with Gasteiger partial charge in [0.1, 0.15) is 5.78 Å². The molecular formula is C20H28O3. The molecule has 1 aliphatic heterocycles. The zero-order chi connectivity index (χ0) is 17.3. The summed E-state index contributed by atoms with van der Waals surface area (Å²) in [4.78, 5) is 24.7. The normalized spacial score (nSPS) is 25.2. The molecule has 1 saturated heterocycles. The van der Waals surface area contributed by atoms with E-state index in [-0.39, 0.29) is 35.4 Å². The molecule has 3 nitrogen and oxygen atoms in total. The molecule has 3 atom stereocenters. The SMILES string of the molecule is CC(=O)c1ccc([C@H]2COC(C(C)C)C(C(C)C)C2=O)cc1C. The molecule has 2 rings (SSSR count). The molecule has 1 aromatic rings.